The molecule has 96 valence electrons. The maximum atomic E-state index is 5.64. The molecule has 0 radical (unpaired) electrons. The third kappa shape index (κ3) is 4.21. The Hall–Kier alpha value is -0.730. The highest BCUT2D eigenvalue weighted by atomic mass is 35.5. The lowest BCUT2D eigenvalue weighted by Gasteiger charge is -2.24. The molecule has 0 aromatic heterocycles. The van der Waals surface area contributed by atoms with Crippen LogP contribution in [0.25, 0.3) is 0 Å². The van der Waals surface area contributed by atoms with Crippen LogP contribution in [0, 0.1) is 0 Å². The Bertz CT molecular complexity index is 317. The maximum absolute atomic E-state index is 5.64. The molecular weight excluding hydrogens is 234 g/mol. The third-order valence-corrected chi connectivity index (χ3v) is 2.96. The predicted molar refractivity (Wildman–Crippen MR) is 74.0 cm³/mol. The van der Waals surface area contributed by atoms with Crippen LogP contribution in [0.15, 0.2) is 24.3 Å². The fraction of sp³-hybridized carbons (Fsp3) is 0.571. The Morgan fingerprint density at radius 2 is 1.88 bits per heavy atom. The highest BCUT2D eigenvalue weighted by Gasteiger charge is 2.14. The summed E-state index contributed by atoms with van der Waals surface area (Å²) in [7, 11) is 0. The van der Waals surface area contributed by atoms with Crippen molar-refractivity contribution in [3.8, 4) is 5.75 Å². The highest BCUT2D eigenvalue weighted by molar-refractivity contribution is 5.85. The van der Waals surface area contributed by atoms with Crippen LogP contribution in [0.3, 0.4) is 0 Å². The number of nitrogens with one attached hydrogen (secondary N) is 1. The molecule has 1 saturated heterocycles. The Morgan fingerprint density at radius 3 is 2.41 bits per heavy atom. The van der Waals surface area contributed by atoms with Crippen molar-refractivity contribution in [1.82, 2.24) is 5.32 Å². The van der Waals surface area contributed by atoms with E-state index in [0.717, 1.165) is 12.3 Å². The molecule has 2 nitrogen and oxygen atoms in total. The number of halogens is 1. The number of benzene rings is 1. The van der Waals surface area contributed by atoms with E-state index < -0.39 is 0 Å². The van der Waals surface area contributed by atoms with Crippen molar-refractivity contribution in [3.63, 3.8) is 0 Å². The Balaban J connectivity index is 0.00000144. The van der Waals surface area contributed by atoms with Gasteiger partial charge < -0.3 is 10.1 Å². The fourth-order valence-corrected chi connectivity index (χ4v) is 2.19. The van der Waals surface area contributed by atoms with Gasteiger partial charge in [0.05, 0.1) is 6.10 Å². The van der Waals surface area contributed by atoms with Crippen LogP contribution >= 0.6 is 12.4 Å². The molecule has 1 N–H and O–H groups in total. The van der Waals surface area contributed by atoms with Crippen LogP contribution in [0.1, 0.15) is 44.7 Å². The molecule has 1 heterocycles. The highest BCUT2D eigenvalue weighted by Crippen LogP contribution is 2.24. The van der Waals surface area contributed by atoms with Crippen molar-refractivity contribution in [2.75, 3.05) is 6.54 Å². The lowest BCUT2D eigenvalue weighted by atomic mass is 9.98. The van der Waals surface area contributed by atoms with Gasteiger partial charge in [0.2, 0.25) is 0 Å². The van der Waals surface area contributed by atoms with Crippen LogP contribution in [0.5, 0.6) is 5.75 Å². The van der Waals surface area contributed by atoms with Gasteiger partial charge in [0.1, 0.15) is 5.75 Å². The van der Waals surface area contributed by atoms with Gasteiger partial charge in [0.15, 0.2) is 0 Å². The van der Waals surface area contributed by atoms with E-state index in [-0.39, 0.29) is 18.5 Å². The molecule has 0 saturated carbocycles. The first kappa shape index (κ1) is 14.3. The van der Waals surface area contributed by atoms with Gasteiger partial charge >= 0.3 is 0 Å². The molecule has 0 amide bonds. The summed E-state index contributed by atoms with van der Waals surface area (Å²) in [5.74, 6) is 0.967. The molecule has 1 aromatic rings. The molecule has 1 aliphatic rings. The van der Waals surface area contributed by atoms with Gasteiger partial charge in [0, 0.05) is 6.04 Å². The normalized spacial score (nSPS) is 19.8. The van der Waals surface area contributed by atoms with Crippen molar-refractivity contribution in [2.45, 2.75) is 45.3 Å². The second-order valence-corrected chi connectivity index (χ2v) is 4.74. The van der Waals surface area contributed by atoms with Crippen LogP contribution in [0.2, 0.25) is 0 Å². The first-order chi connectivity index (χ1) is 7.75. The Morgan fingerprint density at radius 1 is 1.18 bits per heavy atom. The molecular formula is C14H22ClNO. The van der Waals surface area contributed by atoms with Crippen molar-refractivity contribution >= 4 is 12.4 Å². The maximum Gasteiger partial charge on any atom is 0.119 e. The summed E-state index contributed by atoms with van der Waals surface area (Å²) in [4.78, 5) is 0. The number of hydrogen-bond donors (Lipinski definition) is 1. The largest absolute Gasteiger partial charge is 0.491 e. The minimum Gasteiger partial charge on any atom is -0.491 e. The van der Waals surface area contributed by atoms with E-state index in [4.69, 9.17) is 4.74 Å². The standard InChI is InChI=1S/C14H21NO.ClH/c1-11(2)16-13-8-6-12(7-9-13)14-5-3-4-10-15-14;/h6-9,11,14-15H,3-5,10H2,1-2H3;1H/t14-;/m0./s1. The minimum atomic E-state index is 0. The molecule has 0 bridgehead atoms. The molecule has 1 fully saturated rings. The monoisotopic (exact) mass is 255 g/mol. The Kier molecular flexibility index (Phi) is 5.79. The number of ether oxygens (including phenoxy) is 1. The van der Waals surface area contributed by atoms with E-state index in [2.05, 4.69) is 43.4 Å². The van der Waals surface area contributed by atoms with E-state index in [9.17, 15) is 0 Å². The van der Waals surface area contributed by atoms with Crippen LogP contribution in [-0.4, -0.2) is 12.6 Å². The Labute approximate surface area is 110 Å². The van der Waals surface area contributed by atoms with E-state index in [0.29, 0.717) is 6.04 Å². The smallest absolute Gasteiger partial charge is 0.119 e. The zero-order valence-electron chi connectivity index (χ0n) is 10.6. The second-order valence-electron chi connectivity index (χ2n) is 4.74. The lowest BCUT2D eigenvalue weighted by molar-refractivity contribution is 0.242. The third-order valence-electron chi connectivity index (χ3n) is 2.96. The summed E-state index contributed by atoms with van der Waals surface area (Å²) in [6.07, 6.45) is 4.15. The summed E-state index contributed by atoms with van der Waals surface area (Å²) < 4.78 is 5.64. The summed E-state index contributed by atoms with van der Waals surface area (Å²) in [5.41, 5.74) is 1.39. The van der Waals surface area contributed by atoms with Crippen molar-refractivity contribution in [1.29, 1.82) is 0 Å². The predicted octanol–water partition coefficient (Wildman–Crippen LogP) is 3.71. The molecule has 0 aliphatic carbocycles. The van der Waals surface area contributed by atoms with E-state index in [1.807, 2.05) is 0 Å². The number of rotatable bonds is 3. The fourth-order valence-electron chi connectivity index (χ4n) is 2.19. The summed E-state index contributed by atoms with van der Waals surface area (Å²) in [6.45, 7) is 5.25. The molecule has 1 aromatic carbocycles. The molecule has 17 heavy (non-hydrogen) atoms. The molecule has 1 atom stereocenters. The number of hydrogen-bond acceptors (Lipinski definition) is 2. The zero-order chi connectivity index (χ0) is 11.4. The van der Waals surface area contributed by atoms with Gasteiger partial charge in [-0.2, -0.15) is 0 Å². The minimum absolute atomic E-state index is 0. The van der Waals surface area contributed by atoms with Crippen LogP contribution in [-0.2, 0) is 0 Å². The van der Waals surface area contributed by atoms with Gasteiger partial charge in [-0.3, -0.25) is 0 Å². The lowest BCUT2D eigenvalue weighted by Crippen LogP contribution is -2.26. The zero-order valence-corrected chi connectivity index (χ0v) is 11.4. The van der Waals surface area contributed by atoms with E-state index in [1.54, 1.807) is 0 Å². The second kappa shape index (κ2) is 6.87. The van der Waals surface area contributed by atoms with Crippen molar-refractivity contribution in [3.05, 3.63) is 29.8 Å². The molecule has 1 aliphatic heterocycles. The summed E-state index contributed by atoms with van der Waals surface area (Å²) in [5, 5.41) is 3.55. The SMILES string of the molecule is CC(C)Oc1ccc([C@@H]2CCCCN2)cc1.Cl. The molecule has 0 spiro atoms. The van der Waals surface area contributed by atoms with E-state index >= 15 is 0 Å². The van der Waals surface area contributed by atoms with Gasteiger partial charge in [0.25, 0.3) is 0 Å². The average molecular weight is 256 g/mol. The van der Waals surface area contributed by atoms with Gasteiger partial charge in [-0.25, -0.2) is 0 Å². The van der Waals surface area contributed by atoms with Crippen LogP contribution < -0.4 is 10.1 Å². The topological polar surface area (TPSA) is 21.3 Å². The first-order valence-corrected chi connectivity index (χ1v) is 6.26. The van der Waals surface area contributed by atoms with Gasteiger partial charge in [-0.15, -0.1) is 12.4 Å². The van der Waals surface area contributed by atoms with Crippen LogP contribution in [0.4, 0.5) is 0 Å². The first-order valence-electron chi connectivity index (χ1n) is 6.26. The average Bonchev–Trinajstić information content (AvgIpc) is 2.30. The van der Waals surface area contributed by atoms with Crippen molar-refractivity contribution in [2.24, 2.45) is 0 Å². The van der Waals surface area contributed by atoms with Gasteiger partial charge in [-0.1, -0.05) is 18.6 Å². The van der Waals surface area contributed by atoms with E-state index in [1.165, 1.54) is 24.8 Å². The quantitative estimate of drug-likeness (QED) is 0.889. The molecule has 2 rings (SSSR count). The molecule has 0 unspecified atom stereocenters. The summed E-state index contributed by atoms with van der Waals surface area (Å²) >= 11 is 0. The molecule has 3 heteroatoms. The summed E-state index contributed by atoms with van der Waals surface area (Å²) in [6, 6.07) is 9.06. The van der Waals surface area contributed by atoms with Gasteiger partial charge in [-0.05, 0) is 50.9 Å². The number of piperidine rings is 1. The van der Waals surface area contributed by atoms with Crippen molar-refractivity contribution < 1.29 is 4.74 Å².